The Morgan fingerprint density at radius 1 is 1.26 bits per heavy atom. The van der Waals surface area contributed by atoms with Gasteiger partial charge in [-0.1, -0.05) is 18.2 Å². The molecule has 9 nitrogen and oxygen atoms in total. The number of benzene rings is 1. The molecule has 2 rings (SSSR count). The summed E-state index contributed by atoms with van der Waals surface area (Å²) in [7, 11) is -3.61. The van der Waals surface area contributed by atoms with Gasteiger partial charge in [-0.3, -0.25) is 16.1 Å². The highest BCUT2D eigenvalue weighted by molar-refractivity contribution is 7.89. The van der Waals surface area contributed by atoms with Gasteiger partial charge in [-0.25, -0.2) is 8.42 Å². The molecule has 0 spiro atoms. The van der Waals surface area contributed by atoms with Gasteiger partial charge in [-0.15, -0.1) is 0 Å². The lowest BCUT2D eigenvalue weighted by Crippen LogP contribution is -2.43. The van der Waals surface area contributed by atoms with Gasteiger partial charge >= 0.3 is 0 Å². The number of nitrogens with zero attached hydrogens (tertiary/aromatic N) is 1. The van der Waals surface area contributed by atoms with E-state index in [1.54, 1.807) is 24.3 Å². The maximum absolute atomic E-state index is 12.7. The average Bonchev–Trinajstić information content (AvgIpc) is 2.53. The molecule has 1 aromatic carbocycles. The van der Waals surface area contributed by atoms with E-state index in [9.17, 15) is 8.42 Å². The second kappa shape index (κ2) is 7.40. The van der Waals surface area contributed by atoms with Crippen LogP contribution in [0.1, 0.15) is 5.56 Å². The number of guanidine groups is 2. The first-order chi connectivity index (χ1) is 10.9. The lowest BCUT2D eigenvalue weighted by Gasteiger charge is -2.27. The second-order valence-electron chi connectivity index (χ2n) is 4.89. The Labute approximate surface area is 134 Å². The van der Waals surface area contributed by atoms with Crippen molar-refractivity contribution >= 4 is 21.9 Å². The lowest BCUT2D eigenvalue weighted by molar-refractivity contribution is 0.0730. The molecule has 1 saturated heterocycles. The number of morpholine rings is 1. The van der Waals surface area contributed by atoms with Crippen LogP contribution in [0, 0.1) is 10.8 Å². The minimum absolute atomic E-state index is 0.124. The van der Waals surface area contributed by atoms with Crippen molar-refractivity contribution in [1.29, 1.82) is 10.8 Å². The first-order valence-electron chi connectivity index (χ1n) is 7.00. The Bertz CT molecular complexity index is 685. The highest BCUT2D eigenvalue weighted by Gasteiger charge is 2.28. The number of sulfonamides is 1. The number of nitrogens with one attached hydrogen (secondary N) is 4. The molecule has 10 heteroatoms. The van der Waals surface area contributed by atoms with Crippen molar-refractivity contribution in [2.24, 2.45) is 5.73 Å². The van der Waals surface area contributed by atoms with Crippen molar-refractivity contribution in [3.05, 3.63) is 29.8 Å². The highest BCUT2D eigenvalue weighted by Crippen LogP contribution is 2.21. The van der Waals surface area contributed by atoms with Gasteiger partial charge in [0.2, 0.25) is 10.0 Å². The maximum Gasteiger partial charge on any atom is 0.243 e. The van der Waals surface area contributed by atoms with Crippen molar-refractivity contribution in [2.45, 2.75) is 11.4 Å². The molecule has 1 aromatic rings. The second-order valence-corrected chi connectivity index (χ2v) is 6.80. The molecule has 0 amide bonds. The molecule has 0 bridgehead atoms. The predicted octanol–water partition coefficient (Wildman–Crippen LogP) is -0.785. The third-order valence-electron chi connectivity index (χ3n) is 3.28. The van der Waals surface area contributed by atoms with E-state index in [1.165, 1.54) is 4.31 Å². The molecule has 0 atom stereocenters. The van der Waals surface area contributed by atoms with E-state index in [0.717, 1.165) is 0 Å². The van der Waals surface area contributed by atoms with Crippen molar-refractivity contribution in [2.75, 3.05) is 26.3 Å². The SMILES string of the molecule is N=C(N)NC(=N)NCc1ccccc1S(=O)(=O)N1CCOCC1. The fraction of sp³-hybridized carbons (Fsp3) is 0.385. The highest BCUT2D eigenvalue weighted by atomic mass is 32.2. The minimum atomic E-state index is -3.61. The maximum atomic E-state index is 12.7. The summed E-state index contributed by atoms with van der Waals surface area (Å²) < 4.78 is 32.1. The summed E-state index contributed by atoms with van der Waals surface area (Å²) in [5.41, 5.74) is 5.67. The first-order valence-corrected chi connectivity index (χ1v) is 8.44. The number of hydrogen-bond donors (Lipinski definition) is 5. The Hall–Kier alpha value is -2.17. The third-order valence-corrected chi connectivity index (χ3v) is 5.27. The predicted molar refractivity (Wildman–Crippen MR) is 85.6 cm³/mol. The molecule has 1 aliphatic rings. The van der Waals surface area contributed by atoms with Gasteiger partial charge in [0.05, 0.1) is 18.1 Å². The monoisotopic (exact) mass is 340 g/mol. The Kier molecular flexibility index (Phi) is 5.53. The zero-order valence-corrected chi connectivity index (χ0v) is 13.3. The van der Waals surface area contributed by atoms with Crippen LogP contribution in [0.4, 0.5) is 0 Å². The zero-order chi connectivity index (χ0) is 16.9. The van der Waals surface area contributed by atoms with E-state index in [2.05, 4.69) is 10.6 Å². The van der Waals surface area contributed by atoms with Crippen LogP contribution in [0.25, 0.3) is 0 Å². The average molecular weight is 340 g/mol. The quantitative estimate of drug-likeness (QED) is 0.359. The summed E-state index contributed by atoms with van der Waals surface area (Å²) in [4.78, 5) is 0.199. The summed E-state index contributed by atoms with van der Waals surface area (Å²) in [5.74, 6) is -0.534. The number of rotatable bonds is 4. The van der Waals surface area contributed by atoms with Crippen molar-refractivity contribution in [3.63, 3.8) is 0 Å². The number of nitrogens with two attached hydrogens (primary N) is 1. The molecular weight excluding hydrogens is 320 g/mol. The lowest BCUT2D eigenvalue weighted by atomic mass is 10.2. The Balaban J connectivity index is 2.16. The van der Waals surface area contributed by atoms with E-state index in [0.29, 0.717) is 31.9 Å². The van der Waals surface area contributed by atoms with E-state index in [1.807, 2.05) is 0 Å². The topological polar surface area (TPSA) is 144 Å². The van der Waals surface area contributed by atoms with Crippen LogP contribution < -0.4 is 16.4 Å². The number of hydrogen-bond acceptors (Lipinski definition) is 5. The van der Waals surface area contributed by atoms with Crippen LogP contribution in [0.3, 0.4) is 0 Å². The van der Waals surface area contributed by atoms with Gasteiger partial charge in [0.25, 0.3) is 0 Å². The van der Waals surface area contributed by atoms with Gasteiger partial charge in [0.1, 0.15) is 0 Å². The summed E-state index contributed by atoms with van der Waals surface area (Å²) in [6.45, 7) is 1.54. The molecule has 0 unspecified atom stereocenters. The van der Waals surface area contributed by atoms with E-state index < -0.39 is 10.0 Å². The smallest absolute Gasteiger partial charge is 0.243 e. The summed E-state index contributed by atoms with van der Waals surface area (Å²) in [6.07, 6.45) is 0. The molecular formula is C13H20N6O3S. The Morgan fingerprint density at radius 2 is 1.91 bits per heavy atom. The van der Waals surface area contributed by atoms with E-state index >= 15 is 0 Å². The van der Waals surface area contributed by atoms with Gasteiger partial charge in [-0.05, 0) is 11.6 Å². The molecule has 0 aliphatic carbocycles. The molecule has 0 saturated carbocycles. The fourth-order valence-electron chi connectivity index (χ4n) is 2.19. The molecule has 1 aliphatic heterocycles. The minimum Gasteiger partial charge on any atom is -0.379 e. The first kappa shape index (κ1) is 17.2. The molecule has 1 heterocycles. The van der Waals surface area contributed by atoms with Crippen LogP contribution in [0.15, 0.2) is 29.2 Å². The largest absolute Gasteiger partial charge is 0.379 e. The normalized spacial score (nSPS) is 15.8. The van der Waals surface area contributed by atoms with Crippen LogP contribution in [0.5, 0.6) is 0 Å². The van der Waals surface area contributed by atoms with Crippen LogP contribution in [-0.2, 0) is 21.3 Å². The zero-order valence-electron chi connectivity index (χ0n) is 12.5. The standard InChI is InChI=1S/C13H20N6O3S/c14-12(15)18-13(16)17-9-10-3-1-2-4-11(10)23(20,21)19-5-7-22-8-6-19/h1-4H,5-9H2,(H6,14,15,16,17,18). The number of ether oxygens (including phenoxy) is 1. The summed E-state index contributed by atoms with van der Waals surface area (Å²) >= 11 is 0. The van der Waals surface area contributed by atoms with Crippen molar-refractivity contribution in [1.82, 2.24) is 14.9 Å². The molecule has 6 N–H and O–H groups in total. The van der Waals surface area contributed by atoms with Gasteiger partial charge < -0.3 is 15.8 Å². The third kappa shape index (κ3) is 4.41. The molecule has 0 aromatic heterocycles. The van der Waals surface area contributed by atoms with E-state index in [-0.39, 0.29) is 23.4 Å². The fourth-order valence-corrected chi connectivity index (χ4v) is 3.82. The van der Waals surface area contributed by atoms with E-state index in [4.69, 9.17) is 21.3 Å². The Morgan fingerprint density at radius 3 is 2.57 bits per heavy atom. The summed E-state index contributed by atoms with van der Waals surface area (Å²) in [6, 6.07) is 6.62. The van der Waals surface area contributed by atoms with Gasteiger partial charge in [0, 0.05) is 19.6 Å². The van der Waals surface area contributed by atoms with Crippen LogP contribution in [-0.4, -0.2) is 50.9 Å². The molecule has 1 fully saturated rings. The van der Waals surface area contributed by atoms with Crippen LogP contribution >= 0.6 is 0 Å². The molecule has 0 radical (unpaired) electrons. The van der Waals surface area contributed by atoms with Gasteiger partial charge in [-0.2, -0.15) is 4.31 Å². The van der Waals surface area contributed by atoms with Gasteiger partial charge in [0.15, 0.2) is 11.9 Å². The summed E-state index contributed by atoms with van der Waals surface area (Å²) in [5, 5.41) is 19.6. The van der Waals surface area contributed by atoms with Crippen LogP contribution in [0.2, 0.25) is 0 Å². The molecule has 126 valence electrons. The molecule has 23 heavy (non-hydrogen) atoms. The van der Waals surface area contributed by atoms with Crippen molar-refractivity contribution < 1.29 is 13.2 Å². The van der Waals surface area contributed by atoms with Crippen molar-refractivity contribution in [3.8, 4) is 0 Å².